The zero-order valence-corrected chi connectivity index (χ0v) is 11.3. The fraction of sp³-hybridized carbons (Fsp3) is 0.583. The predicted octanol–water partition coefficient (Wildman–Crippen LogP) is 1.91. The third kappa shape index (κ3) is 2.54. The maximum Gasteiger partial charge on any atom is 0.252 e. The van der Waals surface area contributed by atoms with Gasteiger partial charge in [-0.2, -0.15) is 0 Å². The SMILES string of the molecule is Cl.O=c1[nH]c2c(cc1C1CCNCC1)CCS2. The van der Waals surface area contributed by atoms with E-state index in [-0.39, 0.29) is 18.0 Å². The second-order valence-electron chi connectivity index (χ2n) is 4.53. The first-order valence-electron chi connectivity index (χ1n) is 5.94. The monoisotopic (exact) mass is 272 g/mol. The lowest BCUT2D eigenvalue weighted by atomic mass is 9.90. The van der Waals surface area contributed by atoms with Gasteiger partial charge in [0.05, 0.1) is 5.03 Å². The van der Waals surface area contributed by atoms with Crippen LogP contribution in [0.25, 0.3) is 0 Å². The Morgan fingerprint density at radius 1 is 1.29 bits per heavy atom. The summed E-state index contributed by atoms with van der Waals surface area (Å²) in [5.41, 5.74) is 2.50. The second-order valence-corrected chi connectivity index (χ2v) is 5.64. The molecule has 0 unspecified atom stereocenters. The van der Waals surface area contributed by atoms with Crippen LogP contribution in [-0.2, 0) is 6.42 Å². The van der Waals surface area contributed by atoms with Gasteiger partial charge in [0.1, 0.15) is 0 Å². The van der Waals surface area contributed by atoms with Crippen LogP contribution in [0.5, 0.6) is 0 Å². The van der Waals surface area contributed by atoms with Gasteiger partial charge in [0.2, 0.25) is 0 Å². The summed E-state index contributed by atoms with van der Waals surface area (Å²) in [6.07, 6.45) is 3.29. The first-order chi connectivity index (χ1) is 7.84. The maximum absolute atomic E-state index is 12.0. The third-order valence-corrected chi connectivity index (χ3v) is 4.57. The van der Waals surface area contributed by atoms with Gasteiger partial charge < -0.3 is 10.3 Å². The van der Waals surface area contributed by atoms with Crippen LogP contribution in [0.3, 0.4) is 0 Å². The fourth-order valence-electron chi connectivity index (χ4n) is 2.59. The molecule has 94 valence electrons. The minimum absolute atomic E-state index is 0. The molecule has 0 amide bonds. The Balaban J connectivity index is 0.00000108. The summed E-state index contributed by atoms with van der Waals surface area (Å²) < 4.78 is 0. The van der Waals surface area contributed by atoms with Crippen LogP contribution in [0.4, 0.5) is 0 Å². The van der Waals surface area contributed by atoms with Crippen LogP contribution in [0.15, 0.2) is 15.9 Å². The van der Waals surface area contributed by atoms with Gasteiger partial charge in [-0.25, -0.2) is 0 Å². The molecule has 0 atom stereocenters. The van der Waals surface area contributed by atoms with Crippen LogP contribution in [0.2, 0.25) is 0 Å². The largest absolute Gasteiger partial charge is 0.317 e. The van der Waals surface area contributed by atoms with Gasteiger partial charge in [-0.1, -0.05) is 0 Å². The number of fused-ring (bicyclic) bond motifs is 1. The van der Waals surface area contributed by atoms with Crippen molar-refractivity contribution in [1.29, 1.82) is 0 Å². The molecule has 3 nitrogen and oxygen atoms in total. The molecule has 5 heteroatoms. The third-order valence-electron chi connectivity index (χ3n) is 3.51. The van der Waals surface area contributed by atoms with Crippen LogP contribution < -0.4 is 10.9 Å². The van der Waals surface area contributed by atoms with Crippen molar-refractivity contribution in [2.75, 3.05) is 18.8 Å². The quantitative estimate of drug-likeness (QED) is 0.821. The molecule has 2 aliphatic heterocycles. The van der Waals surface area contributed by atoms with Crippen molar-refractivity contribution in [3.05, 3.63) is 27.5 Å². The molecule has 1 aromatic rings. The molecule has 0 radical (unpaired) electrons. The molecule has 0 aromatic carbocycles. The molecule has 2 N–H and O–H groups in total. The van der Waals surface area contributed by atoms with E-state index in [0.717, 1.165) is 48.7 Å². The molecule has 3 rings (SSSR count). The molecule has 0 aliphatic carbocycles. The number of H-pyrrole nitrogens is 1. The van der Waals surface area contributed by atoms with Gasteiger partial charge in [0, 0.05) is 11.3 Å². The summed E-state index contributed by atoms with van der Waals surface area (Å²) in [6, 6.07) is 2.16. The molecule has 1 saturated heterocycles. The summed E-state index contributed by atoms with van der Waals surface area (Å²) in [5, 5.41) is 4.44. The van der Waals surface area contributed by atoms with Crippen LogP contribution >= 0.6 is 24.2 Å². The summed E-state index contributed by atoms with van der Waals surface area (Å²) in [7, 11) is 0. The van der Waals surface area contributed by atoms with Gasteiger partial charge in [-0.15, -0.1) is 24.2 Å². The van der Waals surface area contributed by atoms with Gasteiger partial charge in [0.15, 0.2) is 0 Å². The number of thioether (sulfide) groups is 1. The predicted molar refractivity (Wildman–Crippen MR) is 73.6 cm³/mol. The molecular formula is C12H17ClN2OS. The van der Waals surface area contributed by atoms with Crippen molar-refractivity contribution in [3.8, 4) is 0 Å². The number of nitrogens with one attached hydrogen (secondary N) is 2. The Morgan fingerprint density at radius 2 is 2.06 bits per heavy atom. The summed E-state index contributed by atoms with van der Waals surface area (Å²) in [4.78, 5) is 15.0. The fourth-order valence-corrected chi connectivity index (χ4v) is 3.63. The normalized spacial score (nSPS) is 19.8. The Kier molecular flexibility index (Phi) is 4.17. The minimum Gasteiger partial charge on any atom is -0.317 e. The number of rotatable bonds is 1. The highest BCUT2D eigenvalue weighted by atomic mass is 35.5. The van der Waals surface area contributed by atoms with E-state index < -0.39 is 0 Å². The summed E-state index contributed by atoms with van der Waals surface area (Å²) >= 11 is 1.77. The average molecular weight is 273 g/mol. The van der Waals surface area contributed by atoms with Crippen molar-refractivity contribution in [1.82, 2.24) is 10.3 Å². The van der Waals surface area contributed by atoms with E-state index in [9.17, 15) is 4.79 Å². The van der Waals surface area contributed by atoms with Crippen molar-refractivity contribution >= 4 is 24.2 Å². The van der Waals surface area contributed by atoms with E-state index in [0.29, 0.717) is 5.92 Å². The zero-order chi connectivity index (χ0) is 11.0. The van der Waals surface area contributed by atoms with E-state index in [2.05, 4.69) is 16.4 Å². The molecule has 0 bridgehead atoms. The smallest absolute Gasteiger partial charge is 0.252 e. The van der Waals surface area contributed by atoms with Gasteiger partial charge in [-0.3, -0.25) is 4.79 Å². The van der Waals surface area contributed by atoms with E-state index in [1.807, 2.05) is 0 Å². The highest BCUT2D eigenvalue weighted by Gasteiger charge is 2.21. The Labute approximate surface area is 111 Å². The van der Waals surface area contributed by atoms with Gasteiger partial charge in [0.25, 0.3) is 5.56 Å². The molecule has 17 heavy (non-hydrogen) atoms. The number of halogens is 1. The number of hydrogen-bond acceptors (Lipinski definition) is 3. The molecule has 3 heterocycles. The lowest BCUT2D eigenvalue weighted by molar-refractivity contribution is 0.457. The van der Waals surface area contributed by atoms with Crippen molar-refractivity contribution in [3.63, 3.8) is 0 Å². The van der Waals surface area contributed by atoms with Crippen molar-refractivity contribution in [2.24, 2.45) is 0 Å². The number of pyridine rings is 1. The topological polar surface area (TPSA) is 44.9 Å². The number of aromatic amines is 1. The average Bonchev–Trinajstić information content (AvgIpc) is 2.76. The first kappa shape index (κ1) is 13.0. The van der Waals surface area contributed by atoms with Crippen LogP contribution in [0, 0.1) is 0 Å². The van der Waals surface area contributed by atoms with Crippen molar-refractivity contribution < 1.29 is 0 Å². The molecule has 0 spiro atoms. The minimum atomic E-state index is 0. The number of hydrogen-bond donors (Lipinski definition) is 2. The Morgan fingerprint density at radius 3 is 2.82 bits per heavy atom. The first-order valence-corrected chi connectivity index (χ1v) is 6.93. The van der Waals surface area contributed by atoms with Crippen LogP contribution in [-0.4, -0.2) is 23.8 Å². The van der Waals surface area contributed by atoms with E-state index in [1.54, 1.807) is 11.8 Å². The molecular weight excluding hydrogens is 256 g/mol. The lowest BCUT2D eigenvalue weighted by Crippen LogP contribution is -2.29. The molecule has 1 aromatic heterocycles. The van der Waals surface area contributed by atoms with E-state index in [1.165, 1.54) is 5.56 Å². The van der Waals surface area contributed by atoms with E-state index in [4.69, 9.17) is 0 Å². The summed E-state index contributed by atoms with van der Waals surface area (Å²) in [5.74, 6) is 1.57. The Bertz CT molecular complexity index is 454. The number of aromatic nitrogens is 1. The number of piperidine rings is 1. The maximum atomic E-state index is 12.0. The summed E-state index contributed by atoms with van der Waals surface area (Å²) in [6.45, 7) is 2.08. The Hall–Kier alpha value is -0.450. The van der Waals surface area contributed by atoms with Crippen molar-refractivity contribution in [2.45, 2.75) is 30.2 Å². The molecule has 2 aliphatic rings. The zero-order valence-electron chi connectivity index (χ0n) is 9.62. The van der Waals surface area contributed by atoms with E-state index >= 15 is 0 Å². The lowest BCUT2D eigenvalue weighted by Gasteiger charge is -2.22. The van der Waals surface area contributed by atoms with Gasteiger partial charge >= 0.3 is 0 Å². The highest BCUT2D eigenvalue weighted by molar-refractivity contribution is 7.99. The standard InChI is InChI=1S/C12H16N2OS.ClH/c15-11-10(8-1-4-13-5-2-8)7-9-3-6-16-12(9)14-11;/h7-8,13H,1-6H2,(H,14,15);1H. The second kappa shape index (κ2) is 5.46. The van der Waals surface area contributed by atoms with Crippen LogP contribution in [0.1, 0.15) is 29.9 Å². The van der Waals surface area contributed by atoms with Gasteiger partial charge in [-0.05, 0) is 49.9 Å². The number of aryl methyl sites for hydroxylation is 1. The highest BCUT2D eigenvalue weighted by Crippen LogP contribution is 2.31. The molecule has 0 saturated carbocycles. The molecule has 1 fully saturated rings.